The molecule has 246 valence electrons. The first kappa shape index (κ1) is 33.9. The highest BCUT2D eigenvalue weighted by molar-refractivity contribution is 7.92. The number of carbonyl (C=O) groups excluding carboxylic acids is 2. The number of para-hydroxylation sites is 1. The van der Waals surface area contributed by atoms with Gasteiger partial charge < -0.3 is 15.0 Å². The maximum Gasteiger partial charge on any atom is 0.264 e. The molecular formula is C39H39N3O5S. The van der Waals surface area contributed by atoms with Crippen LogP contribution in [0.15, 0.2) is 138 Å². The van der Waals surface area contributed by atoms with Gasteiger partial charge in [0, 0.05) is 20.0 Å². The van der Waals surface area contributed by atoms with E-state index in [9.17, 15) is 18.0 Å². The molecule has 0 fully saturated rings. The Bertz CT molecular complexity index is 1930. The van der Waals surface area contributed by atoms with E-state index in [1.807, 2.05) is 98.8 Å². The third-order valence-corrected chi connectivity index (χ3v) is 9.73. The molecule has 2 amide bonds. The van der Waals surface area contributed by atoms with Crippen molar-refractivity contribution in [2.45, 2.75) is 37.8 Å². The van der Waals surface area contributed by atoms with Crippen LogP contribution in [0.5, 0.6) is 11.5 Å². The number of anilines is 1. The molecule has 1 atom stereocenters. The minimum Gasteiger partial charge on any atom is -0.457 e. The third kappa shape index (κ3) is 8.49. The highest BCUT2D eigenvalue weighted by Gasteiger charge is 2.34. The third-order valence-electron chi connectivity index (χ3n) is 7.94. The number of nitrogens with zero attached hydrogens (tertiary/aromatic N) is 2. The lowest BCUT2D eigenvalue weighted by atomic mass is 10.0. The number of carbonyl (C=O) groups is 2. The standard InChI is InChI=1S/C39H39N3O5S/c1-29-17-23-36(24-18-29)48(45,46)42(33-19-21-35(22-20-33)47-34-15-8-5-9-16-34)28-38(43)41(27-32-14-10-11-30(2)25-32)37(39(44)40-3)26-31-12-6-4-7-13-31/h4-25,37H,26-28H2,1-3H3,(H,40,44)/t37-/m0/s1. The Morgan fingerprint density at radius 3 is 1.94 bits per heavy atom. The predicted octanol–water partition coefficient (Wildman–Crippen LogP) is 6.68. The van der Waals surface area contributed by atoms with Crippen LogP contribution in [0, 0.1) is 13.8 Å². The zero-order chi connectivity index (χ0) is 34.1. The van der Waals surface area contributed by atoms with E-state index in [1.165, 1.54) is 24.1 Å². The summed E-state index contributed by atoms with van der Waals surface area (Å²) in [5, 5.41) is 2.71. The van der Waals surface area contributed by atoms with E-state index < -0.39 is 28.5 Å². The number of nitrogens with one attached hydrogen (secondary N) is 1. The average Bonchev–Trinajstić information content (AvgIpc) is 3.10. The Balaban J connectivity index is 1.54. The Hall–Kier alpha value is -5.41. The van der Waals surface area contributed by atoms with Gasteiger partial charge in [-0.2, -0.15) is 0 Å². The molecular weight excluding hydrogens is 623 g/mol. The molecule has 0 unspecified atom stereocenters. The summed E-state index contributed by atoms with van der Waals surface area (Å²) in [7, 11) is -2.69. The summed E-state index contributed by atoms with van der Waals surface area (Å²) < 4.78 is 35.6. The molecule has 0 saturated carbocycles. The van der Waals surface area contributed by atoms with Crippen LogP contribution in [0.4, 0.5) is 5.69 Å². The largest absolute Gasteiger partial charge is 0.457 e. The highest BCUT2D eigenvalue weighted by atomic mass is 32.2. The molecule has 5 aromatic rings. The van der Waals surface area contributed by atoms with Crippen molar-refractivity contribution in [3.05, 3.63) is 156 Å². The van der Waals surface area contributed by atoms with E-state index in [4.69, 9.17) is 4.74 Å². The molecule has 5 rings (SSSR count). The molecule has 9 heteroatoms. The van der Waals surface area contributed by atoms with Crippen LogP contribution in [0.1, 0.15) is 22.3 Å². The summed E-state index contributed by atoms with van der Waals surface area (Å²) >= 11 is 0. The molecule has 0 spiro atoms. The summed E-state index contributed by atoms with van der Waals surface area (Å²) in [4.78, 5) is 29.5. The van der Waals surface area contributed by atoms with Crippen LogP contribution in [0.2, 0.25) is 0 Å². The van der Waals surface area contributed by atoms with Crippen molar-refractivity contribution in [2.24, 2.45) is 0 Å². The monoisotopic (exact) mass is 661 g/mol. The van der Waals surface area contributed by atoms with Crippen molar-refractivity contribution in [1.82, 2.24) is 10.2 Å². The van der Waals surface area contributed by atoms with Gasteiger partial charge in [0.1, 0.15) is 24.1 Å². The van der Waals surface area contributed by atoms with Gasteiger partial charge in [-0.05, 0) is 73.5 Å². The lowest BCUT2D eigenvalue weighted by Gasteiger charge is -2.33. The van der Waals surface area contributed by atoms with E-state index in [-0.39, 0.29) is 29.5 Å². The first-order chi connectivity index (χ1) is 23.1. The van der Waals surface area contributed by atoms with Crippen LogP contribution in [-0.2, 0) is 32.6 Å². The number of ether oxygens (including phenoxy) is 1. The molecule has 1 N–H and O–H groups in total. The molecule has 0 saturated heterocycles. The minimum atomic E-state index is -4.22. The normalized spacial score (nSPS) is 11.7. The van der Waals surface area contributed by atoms with Gasteiger partial charge >= 0.3 is 0 Å². The van der Waals surface area contributed by atoms with Gasteiger partial charge in [-0.25, -0.2) is 8.42 Å². The topological polar surface area (TPSA) is 96.0 Å². The maximum absolute atomic E-state index is 14.5. The van der Waals surface area contributed by atoms with Crippen molar-refractivity contribution < 1.29 is 22.7 Å². The zero-order valence-electron chi connectivity index (χ0n) is 27.2. The number of likely N-dealkylation sites (N-methyl/N-ethyl adjacent to an activating group) is 1. The van der Waals surface area contributed by atoms with Gasteiger partial charge in [0.2, 0.25) is 11.8 Å². The number of rotatable bonds is 13. The van der Waals surface area contributed by atoms with Crippen LogP contribution >= 0.6 is 0 Å². The maximum atomic E-state index is 14.5. The van der Waals surface area contributed by atoms with Crippen LogP contribution in [0.3, 0.4) is 0 Å². The molecule has 0 aliphatic carbocycles. The lowest BCUT2D eigenvalue weighted by molar-refractivity contribution is -0.139. The average molecular weight is 662 g/mol. The summed E-state index contributed by atoms with van der Waals surface area (Å²) in [5.41, 5.74) is 3.87. The van der Waals surface area contributed by atoms with Crippen molar-refractivity contribution in [3.8, 4) is 11.5 Å². The Morgan fingerprint density at radius 2 is 1.31 bits per heavy atom. The molecule has 5 aromatic carbocycles. The van der Waals surface area contributed by atoms with E-state index in [0.717, 1.165) is 26.6 Å². The molecule has 8 nitrogen and oxygen atoms in total. The number of sulfonamides is 1. The summed E-state index contributed by atoms with van der Waals surface area (Å²) in [6.45, 7) is 3.39. The van der Waals surface area contributed by atoms with Crippen LogP contribution in [0.25, 0.3) is 0 Å². The quantitative estimate of drug-likeness (QED) is 0.152. The molecule has 48 heavy (non-hydrogen) atoms. The lowest BCUT2D eigenvalue weighted by Crippen LogP contribution is -2.53. The van der Waals surface area contributed by atoms with Gasteiger partial charge in [-0.1, -0.05) is 96.1 Å². The highest BCUT2D eigenvalue weighted by Crippen LogP contribution is 2.29. The van der Waals surface area contributed by atoms with E-state index in [0.29, 0.717) is 11.5 Å². The van der Waals surface area contributed by atoms with Gasteiger partial charge in [0.15, 0.2) is 0 Å². The van der Waals surface area contributed by atoms with Gasteiger partial charge in [0.25, 0.3) is 10.0 Å². The van der Waals surface area contributed by atoms with Crippen molar-refractivity contribution >= 4 is 27.5 Å². The van der Waals surface area contributed by atoms with Crippen molar-refractivity contribution in [1.29, 1.82) is 0 Å². The second-order valence-corrected chi connectivity index (χ2v) is 13.4. The van der Waals surface area contributed by atoms with Gasteiger partial charge in [-0.15, -0.1) is 0 Å². The molecule has 0 heterocycles. The first-order valence-corrected chi connectivity index (χ1v) is 17.1. The number of aryl methyl sites for hydroxylation is 2. The molecule has 0 aliphatic rings. The first-order valence-electron chi connectivity index (χ1n) is 15.7. The fourth-order valence-corrected chi connectivity index (χ4v) is 6.81. The second-order valence-electron chi connectivity index (χ2n) is 11.6. The SMILES string of the molecule is CNC(=O)[C@H](Cc1ccccc1)N(Cc1cccc(C)c1)C(=O)CN(c1ccc(Oc2ccccc2)cc1)S(=O)(=O)c1ccc(C)cc1. The number of hydrogen-bond acceptors (Lipinski definition) is 5. The van der Waals surface area contributed by atoms with Crippen molar-refractivity contribution in [3.63, 3.8) is 0 Å². The number of amides is 2. The fourth-order valence-electron chi connectivity index (χ4n) is 5.40. The molecule has 0 bridgehead atoms. The van der Waals surface area contributed by atoms with Crippen LogP contribution in [-0.4, -0.2) is 44.8 Å². The zero-order valence-corrected chi connectivity index (χ0v) is 28.1. The summed E-state index contributed by atoms with van der Waals surface area (Å²) in [5.74, 6) is 0.263. The number of benzene rings is 5. The van der Waals surface area contributed by atoms with E-state index >= 15 is 0 Å². The van der Waals surface area contributed by atoms with Crippen LogP contribution < -0.4 is 14.4 Å². The molecule has 0 radical (unpaired) electrons. The Morgan fingerprint density at radius 1 is 0.708 bits per heavy atom. The van der Waals surface area contributed by atoms with E-state index in [1.54, 1.807) is 36.4 Å². The Kier molecular flexibility index (Phi) is 10.9. The molecule has 0 aromatic heterocycles. The minimum absolute atomic E-state index is 0.0443. The fraction of sp³-hybridized carbons (Fsp3) is 0.179. The van der Waals surface area contributed by atoms with Gasteiger partial charge in [0.05, 0.1) is 10.6 Å². The smallest absolute Gasteiger partial charge is 0.264 e. The van der Waals surface area contributed by atoms with Gasteiger partial charge in [-0.3, -0.25) is 13.9 Å². The molecule has 0 aliphatic heterocycles. The predicted molar refractivity (Wildman–Crippen MR) is 188 cm³/mol. The number of hydrogen-bond donors (Lipinski definition) is 1. The van der Waals surface area contributed by atoms with Crippen molar-refractivity contribution in [2.75, 3.05) is 17.9 Å². The summed E-state index contributed by atoms with van der Waals surface area (Å²) in [6.07, 6.45) is 0.244. The summed E-state index contributed by atoms with van der Waals surface area (Å²) in [6, 6.07) is 38.5. The Labute approximate surface area is 282 Å². The second kappa shape index (κ2) is 15.5. The van der Waals surface area contributed by atoms with E-state index in [2.05, 4.69) is 5.32 Å².